The summed E-state index contributed by atoms with van der Waals surface area (Å²) < 4.78 is 2.30. The van der Waals surface area contributed by atoms with Crippen molar-refractivity contribution in [2.45, 2.75) is 33.2 Å². The lowest BCUT2D eigenvalue weighted by Crippen LogP contribution is -2.04. The standard InChI is InChI=1S/C15H19N5S/c1-3-9-20-12-8-6-5-7-11(12)17-13(20)10-14-18-19-15(21-14)16-4-2/h5-8H,3-4,9-10H2,1-2H3,(H,16,19). The smallest absolute Gasteiger partial charge is 0.205 e. The number of nitrogens with one attached hydrogen (secondary N) is 1. The van der Waals surface area contributed by atoms with Gasteiger partial charge in [-0.15, -0.1) is 10.2 Å². The minimum atomic E-state index is 0.734. The van der Waals surface area contributed by atoms with Crippen LogP contribution < -0.4 is 5.32 Å². The number of hydrogen-bond donors (Lipinski definition) is 1. The van der Waals surface area contributed by atoms with E-state index >= 15 is 0 Å². The number of hydrogen-bond acceptors (Lipinski definition) is 5. The summed E-state index contributed by atoms with van der Waals surface area (Å²) >= 11 is 1.60. The summed E-state index contributed by atoms with van der Waals surface area (Å²) in [6.45, 7) is 6.09. The second kappa shape index (κ2) is 6.22. The predicted octanol–water partition coefficient (Wildman–Crippen LogP) is 3.32. The molecule has 21 heavy (non-hydrogen) atoms. The molecule has 5 nitrogen and oxygen atoms in total. The van der Waals surface area contributed by atoms with Gasteiger partial charge in [0, 0.05) is 13.1 Å². The van der Waals surface area contributed by atoms with Crippen LogP contribution in [0.3, 0.4) is 0 Å². The molecule has 2 heterocycles. The molecule has 0 bridgehead atoms. The first-order valence-corrected chi connectivity index (χ1v) is 8.13. The molecular formula is C15H19N5S. The van der Waals surface area contributed by atoms with Crippen molar-refractivity contribution in [2.24, 2.45) is 0 Å². The largest absolute Gasteiger partial charge is 0.360 e. The van der Waals surface area contributed by atoms with Crippen molar-refractivity contribution in [3.63, 3.8) is 0 Å². The number of para-hydroxylation sites is 2. The Kier molecular flexibility index (Phi) is 4.15. The highest BCUT2D eigenvalue weighted by Gasteiger charge is 2.13. The van der Waals surface area contributed by atoms with E-state index in [1.807, 2.05) is 6.07 Å². The maximum Gasteiger partial charge on any atom is 0.205 e. The number of nitrogens with zero attached hydrogens (tertiary/aromatic N) is 4. The fourth-order valence-electron chi connectivity index (χ4n) is 2.42. The minimum absolute atomic E-state index is 0.734. The Morgan fingerprint density at radius 1 is 1.19 bits per heavy atom. The van der Waals surface area contributed by atoms with E-state index in [9.17, 15) is 0 Å². The minimum Gasteiger partial charge on any atom is -0.360 e. The first-order chi connectivity index (χ1) is 10.3. The fourth-order valence-corrected chi connectivity index (χ4v) is 3.22. The van der Waals surface area contributed by atoms with Crippen LogP contribution in [0, 0.1) is 0 Å². The average Bonchev–Trinajstić information content (AvgIpc) is 3.06. The molecule has 1 N–H and O–H groups in total. The third-order valence-corrected chi connectivity index (χ3v) is 4.17. The van der Waals surface area contributed by atoms with Crippen LogP contribution >= 0.6 is 11.3 Å². The molecule has 0 spiro atoms. The van der Waals surface area contributed by atoms with Gasteiger partial charge in [-0.05, 0) is 25.5 Å². The molecule has 3 aromatic rings. The molecule has 0 amide bonds. The van der Waals surface area contributed by atoms with Crippen molar-refractivity contribution >= 4 is 27.5 Å². The van der Waals surface area contributed by atoms with E-state index in [0.29, 0.717) is 0 Å². The summed E-state index contributed by atoms with van der Waals surface area (Å²) in [6.07, 6.45) is 1.82. The number of rotatable bonds is 6. The molecule has 6 heteroatoms. The van der Waals surface area contributed by atoms with Gasteiger partial charge < -0.3 is 9.88 Å². The monoisotopic (exact) mass is 301 g/mol. The van der Waals surface area contributed by atoms with Gasteiger partial charge in [0.05, 0.1) is 17.5 Å². The molecule has 0 atom stereocenters. The van der Waals surface area contributed by atoms with Crippen LogP contribution in [0.15, 0.2) is 24.3 Å². The van der Waals surface area contributed by atoms with Gasteiger partial charge in [0.1, 0.15) is 10.8 Å². The van der Waals surface area contributed by atoms with Crippen LogP contribution in [0.25, 0.3) is 11.0 Å². The van der Waals surface area contributed by atoms with E-state index in [2.05, 4.69) is 52.1 Å². The molecular weight excluding hydrogens is 282 g/mol. The lowest BCUT2D eigenvalue weighted by Gasteiger charge is -2.06. The zero-order valence-electron chi connectivity index (χ0n) is 12.3. The molecule has 2 aromatic heterocycles. The zero-order valence-corrected chi connectivity index (χ0v) is 13.2. The van der Waals surface area contributed by atoms with Gasteiger partial charge in [-0.2, -0.15) is 0 Å². The van der Waals surface area contributed by atoms with Gasteiger partial charge in [-0.25, -0.2) is 4.98 Å². The Labute approximate surface area is 128 Å². The molecule has 1 aromatic carbocycles. The highest BCUT2D eigenvalue weighted by molar-refractivity contribution is 7.15. The van der Waals surface area contributed by atoms with Crippen LogP contribution in [0.5, 0.6) is 0 Å². The Morgan fingerprint density at radius 2 is 2.05 bits per heavy atom. The third-order valence-electron chi connectivity index (χ3n) is 3.29. The summed E-state index contributed by atoms with van der Waals surface area (Å²) in [7, 11) is 0. The van der Waals surface area contributed by atoms with E-state index in [4.69, 9.17) is 4.98 Å². The van der Waals surface area contributed by atoms with E-state index in [0.717, 1.165) is 47.4 Å². The van der Waals surface area contributed by atoms with Crippen molar-refractivity contribution in [1.82, 2.24) is 19.7 Å². The Bertz CT molecular complexity index is 731. The number of benzene rings is 1. The Balaban J connectivity index is 1.93. The SMILES string of the molecule is CCCn1c(Cc2nnc(NCC)s2)nc2ccccc21. The van der Waals surface area contributed by atoms with Crippen LogP contribution in [-0.2, 0) is 13.0 Å². The van der Waals surface area contributed by atoms with Gasteiger partial charge in [-0.3, -0.25) is 0 Å². The zero-order chi connectivity index (χ0) is 14.7. The van der Waals surface area contributed by atoms with E-state index in [1.165, 1.54) is 5.52 Å². The second-order valence-electron chi connectivity index (χ2n) is 4.88. The predicted molar refractivity (Wildman–Crippen MR) is 86.9 cm³/mol. The maximum absolute atomic E-state index is 4.76. The highest BCUT2D eigenvalue weighted by atomic mass is 32.1. The van der Waals surface area contributed by atoms with Gasteiger partial charge in [0.25, 0.3) is 0 Å². The average molecular weight is 301 g/mol. The van der Waals surface area contributed by atoms with Gasteiger partial charge in [0.2, 0.25) is 5.13 Å². The normalized spacial score (nSPS) is 11.1. The molecule has 0 saturated heterocycles. The fraction of sp³-hybridized carbons (Fsp3) is 0.400. The first-order valence-electron chi connectivity index (χ1n) is 7.32. The molecule has 0 fully saturated rings. The Hall–Kier alpha value is -1.95. The molecule has 0 unspecified atom stereocenters. The highest BCUT2D eigenvalue weighted by Crippen LogP contribution is 2.22. The molecule has 0 saturated carbocycles. The van der Waals surface area contributed by atoms with E-state index in [-0.39, 0.29) is 0 Å². The number of imidazole rings is 1. The molecule has 0 aliphatic rings. The van der Waals surface area contributed by atoms with E-state index < -0.39 is 0 Å². The molecule has 110 valence electrons. The second-order valence-corrected chi connectivity index (χ2v) is 5.94. The summed E-state index contributed by atoms with van der Waals surface area (Å²) in [6, 6.07) is 8.29. The van der Waals surface area contributed by atoms with Crippen LogP contribution in [0.1, 0.15) is 31.1 Å². The van der Waals surface area contributed by atoms with Crippen molar-refractivity contribution in [2.75, 3.05) is 11.9 Å². The van der Waals surface area contributed by atoms with Crippen molar-refractivity contribution in [1.29, 1.82) is 0 Å². The maximum atomic E-state index is 4.76. The number of anilines is 1. The topological polar surface area (TPSA) is 55.6 Å². The first kappa shape index (κ1) is 14.0. The molecule has 0 aliphatic carbocycles. The van der Waals surface area contributed by atoms with Crippen molar-refractivity contribution < 1.29 is 0 Å². The van der Waals surface area contributed by atoms with Gasteiger partial charge in [0.15, 0.2) is 0 Å². The van der Waals surface area contributed by atoms with E-state index in [1.54, 1.807) is 11.3 Å². The van der Waals surface area contributed by atoms with Crippen molar-refractivity contribution in [3.05, 3.63) is 35.1 Å². The lowest BCUT2D eigenvalue weighted by molar-refractivity contribution is 0.663. The summed E-state index contributed by atoms with van der Waals surface area (Å²) in [5, 5.41) is 13.5. The summed E-state index contributed by atoms with van der Waals surface area (Å²) in [5.74, 6) is 1.07. The quantitative estimate of drug-likeness (QED) is 0.759. The summed E-state index contributed by atoms with van der Waals surface area (Å²) in [5.41, 5.74) is 2.25. The Morgan fingerprint density at radius 3 is 2.86 bits per heavy atom. The molecule has 0 radical (unpaired) electrons. The number of fused-ring (bicyclic) bond motifs is 1. The number of aromatic nitrogens is 4. The molecule has 0 aliphatic heterocycles. The summed E-state index contributed by atoms with van der Waals surface area (Å²) in [4.78, 5) is 4.76. The molecule has 3 rings (SSSR count). The van der Waals surface area contributed by atoms with Gasteiger partial charge >= 0.3 is 0 Å². The van der Waals surface area contributed by atoms with Crippen molar-refractivity contribution in [3.8, 4) is 0 Å². The van der Waals surface area contributed by atoms with Crippen LogP contribution in [-0.4, -0.2) is 26.3 Å². The van der Waals surface area contributed by atoms with Crippen LogP contribution in [0.4, 0.5) is 5.13 Å². The number of aryl methyl sites for hydroxylation is 1. The lowest BCUT2D eigenvalue weighted by atomic mass is 10.3. The van der Waals surface area contributed by atoms with Gasteiger partial charge in [-0.1, -0.05) is 30.4 Å². The van der Waals surface area contributed by atoms with Crippen LogP contribution in [0.2, 0.25) is 0 Å². The third kappa shape index (κ3) is 2.90.